The fourth-order valence-electron chi connectivity index (χ4n) is 2.64. The third-order valence-corrected chi connectivity index (χ3v) is 4.08. The van der Waals surface area contributed by atoms with Gasteiger partial charge in [0.25, 0.3) is 5.91 Å². The van der Waals surface area contributed by atoms with Gasteiger partial charge in [0.1, 0.15) is 5.75 Å². The van der Waals surface area contributed by atoms with E-state index in [0.717, 1.165) is 16.9 Å². The second-order valence-corrected chi connectivity index (χ2v) is 6.65. The Balaban J connectivity index is 2.00. The molecule has 27 heavy (non-hydrogen) atoms. The molecule has 0 saturated carbocycles. The van der Waals surface area contributed by atoms with Gasteiger partial charge in [0.2, 0.25) is 0 Å². The summed E-state index contributed by atoms with van der Waals surface area (Å²) in [5.74, 6) is 1.94. The van der Waals surface area contributed by atoms with Gasteiger partial charge in [-0.3, -0.25) is 4.79 Å². The molecule has 5 nitrogen and oxygen atoms in total. The number of para-hydroxylation sites is 1. The van der Waals surface area contributed by atoms with Crippen LogP contribution >= 0.6 is 0 Å². The first kappa shape index (κ1) is 20.6. The topological polar surface area (TPSA) is 56.8 Å². The largest absolute Gasteiger partial charge is 0.493 e. The summed E-state index contributed by atoms with van der Waals surface area (Å²) >= 11 is 0. The van der Waals surface area contributed by atoms with E-state index in [2.05, 4.69) is 5.32 Å². The van der Waals surface area contributed by atoms with Gasteiger partial charge in [0.15, 0.2) is 17.6 Å². The van der Waals surface area contributed by atoms with Crippen LogP contribution in [0.25, 0.3) is 0 Å². The lowest BCUT2D eigenvalue weighted by atomic mass is 10.1. The maximum atomic E-state index is 12.5. The van der Waals surface area contributed by atoms with Gasteiger partial charge < -0.3 is 19.5 Å². The van der Waals surface area contributed by atoms with Gasteiger partial charge in [-0.1, -0.05) is 31.2 Å². The van der Waals surface area contributed by atoms with Gasteiger partial charge in [0, 0.05) is 6.54 Å². The van der Waals surface area contributed by atoms with Crippen molar-refractivity contribution in [2.24, 2.45) is 0 Å². The van der Waals surface area contributed by atoms with Gasteiger partial charge in [-0.15, -0.1) is 0 Å². The van der Waals surface area contributed by atoms with Gasteiger partial charge in [0.05, 0.1) is 13.2 Å². The summed E-state index contributed by atoms with van der Waals surface area (Å²) in [6, 6.07) is 13.4. The molecule has 2 aromatic carbocycles. The Morgan fingerprint density at radius 3 is 2.41 bits per heavy atom. The molecule has 5 heteroatoms. The number of hydrogen-bond acceptors (Lipinski definition) is 4. The van der Waals surface area contributed by atoms with E-state index in [1.165, 1.54) is 0 Å². The number of carbonyl (C=O) groups is 1. The number of rotatable bonds is 9. The molecule has 0 aromatic heterocycles. The Labute approximate surface area is 161 Å². The summed E-state index contributed by atoms with van der Waals surface area (Å²) in [5, 5.41) is 2.94. The summed E-state index contributed by atoms with van der Waals surface area (Å²) < 4.78 is 17.0. The zero-order valence-electron chi connectivity index (χ0n) is 16.7. The molecule has 0 spiro atoms. The van der Waals surface area contributed by atoms with Crippen molar-refractivity contribution < 1.29 is 19.0 Å². The van der Waals surface area contributed by atoms with Gasteiger partial charge in [-0.05, 0) is 56.5 Å². The molecular formula is C22H29NO4. The monoisotopic (exact) mass is 371 g/mol. The molecule has 0 saturated heterocycles. The molecule has 2 rings (SSSR count). The summed E-state index contributed by atoms with van der Waals surface area (Å²) in [6.07, 6.45) is 0.120. The van der Waals surface area contributed by atoms with Gasteiger partial charge in [-0.25, -0.2) is 0 Å². The summed E-state index contributed by atoms with van der Waals surface area (Å²) in [6.45, 7) is 8.22. The first-order valence-electron chi connectivity index (χ1n) is 9.28. The highest BCUT2D eigenvalue weighted by Crippen LogP contribution is 2.29. The zero-order valence-corrected chi connectivity index (χ0v) is 16.7. The molecule has 0 aliphatic carbocycles. The summed E-state index contributed by atoms with van der Waals surface area (Å²) in [7, 11) is 1.61. The minimum atomic E-state index is -0.531. The highest BCUT2D eigenvalue weighted by molar-refractivity contribution is 5.81. The van der Waals surface area contributed by atoms with Crippen molar-refractivity contribution in [2.75, 3.05) is 7.11 Å². The molecule has 0 aliphatic heterocycles. The summed E-state index contributed by atoms with van der Waals surface area (Å²) in [4.78, 5) is 12.5. The van der Waals surface area contributed by atoms with Crippen molar-refractivity contribution in [1.29, 1.82) is 0 Å². The van der Waals surface area contributed by atoms with E-state index in [0.29, 0.717) is 24.5 Å². The van der Waals surface area contributed by atoms with E-state index in [9.17, 15) is 4.79 Å². The van der Waals surface area contributed by atoms with Crippen molar-refractivity contribution in [3.8, 4) is 17.2 Å². The van der Waals surface area contributed by atoms with Crippen LogP contribution in [0.15, 0.2) is 42.5 Å². The third-order valence-electron chi connectivity index (χ3n) is 4.08. The predicted octanol–water partition coefficient (Wildman–Crippen LogP) is 4.26. The number of hydrogen-bond donors (Lipinski definition) is 1. The van der Waals surface area contributed by atoms with Crippen molar-refractivity contribution in [3.05, 3.63) is 53.6 Å². The average Bonchev–Trinajstić information content (AvgIpc) is 2.65. The van der Waals surface area contributed by atoms with Crippen LogP contribution in [0.5, 0.6) is 17.2 Å². The van der Waals surface area contributed by atoms with Crippen LogP contribution in [0.4, 0.5) is 0 Å². The minimum absolute atomic E-state index is 0.0633. The second-order valence-electron chi connectivity index (χ2n) is 6.65. The standard InChI is InChI=1S/C22H29NO4/c1-6-18(27-19-10-8-7-9-16(19)4)22(24)23-14-17-11-12-20(26-15(2)3)21(13-17)25-5/h7-13,15,18H,6,14H2,1-5H3,(H,23,24)/t18-/m1/s1. The zero-order chi connectivity index (χ0) is 19.8. The van der Waals surface area contributed by atoms with E-state index < -0.39 is 6.10 Å². The van der Waals surface area contributed by atoms with Gasteiger partial charge >= 0.3 is 0 Å². The lowest BCUT2D eigenvalue weighted by molar-refractivity contribution is -0.128. The van der Waals surface area contributed by atoms with Crippen LogP contribution < -0.4 is 19.5 Å². The quantitative estimate of drug-likeness (QED) is 0.715. The van der Waals surface area contributed by atoms with Crippen LogP contribution in [0.2, 0.25) is 0 Å². The van der Waals surface area contributed by atoms with Crippen molar-refractivity contribution in [3.63, 3.8) is 0 Å². The molecule has 1 N–H and O–H groups in total. The Morgan fingerprint density at radius 1 is 1.04 bits per heavy atom. The fraction of sp³-hybridized carbons (Fsp3) is 0.409. The van der Waals surface area contributed by atoms with Gasteiger partial charge in [-0.2, -0.15) is 0 Å². The van der Waals surface area contributed by atoms with E-state index in [1.54, 1.807) is 7.11 Å². The van der Waals surface area contributed by atoms with Crippen LogP contribution in [0.3, 0.4) is 0 Å². The maximum absolute atomic E-state index is 12.5. The number of carbonyl (C=O) groups excluding carboxylic acids is 1. The molecule has 0 bridgehead atoms. The third kappa shape index (κ3) is 5.91. The van der Waals surface area contributed by atoms with Crippen molar-refractivity contribution in [2.45, 2.75) is 52.9 Å². The number of benzene rings is 2. The molecule has 146 valence electrons. The molecule has 0 radical (unpaired) electrons. The molecule has 0 aliphatic rings. The first-order valence-corrected chi connectivity index (χ1v) is 9.28. The highest BCUT2D eigenvalue weighted by atomic mass is 16.5. The first-order chi connectivity index (χ1) is 12.9. The van der Waals surface area contributed by atoms with Crippen LogP contribution in [0.1, 0.15) is 38.3 Å². The van der Waals surface area contributed by atoms with Crippen LogP contribution in [-0.4, -0.2) is 25.2 Å². The average molecular weight is 371 g/mol. The van der Waals surface area contributed by atoms with Crippen LogP contribution in [0, 0.1) is 6.92 Å². The van der Waals surface area contributed by atoms with Crippen molar-refractivity contribution >= 4 is 5.91 Å². The maximum Gasteiger partial charge on any atom is 0.261 e. The molecule has 0 fully saturated rings. The van der Waals surface area contributed by atoms with Crippen LogP contribution in [-0.2, 0) is 11.3 Å². The second kappa shape index (κ2) is 9.86. The Bertz CT molecular complexity index is 758. The van der Waals surface area contributed by atoms with E-state index in [4.69, 9.17) is 14.2 Å². The lowest BCUT2D eigenvalue weighted by Gasteiger charge is -2.19. The van der Waals surface area contributed by atoms with E-state index in [1.807, 2.05) is 70.2 Å². The highest BCUT2D eigenvalue weighted by Gasteiger charge is 2.19. The number of nitrogens with one attached hydrogen (secondary N) is 1. The Hall–Kier alpha value is -2.69. The van der Waals surface area contributed by atoms with Crippen molar-refractivity contribution in [1.82, 2.24) is 5.32 Å². The predicted molar refractivity (Wildman–Crippen MR) is 106 cm³/mol. The molecule has 1 atom stereocenters. The number of ether oxygens (including phenoxy) is 3. The summed E-state index contributed by atoms with van der Waals surface area (Å²) in [5.41, 5.74) is 1.94. The Kier molecular flexibility index (Phi) is 7.53. The SMILES string of the molecule is CC[C@@H](Oc1ccccc1C)C(=O)NCc1ccc(OC(C)C)c(OC)c1. The Morgan fingerprint density at radius 2 is 1.78 bits per heavy atom. The number of methoxy groups -OCH3 is 1. The van der Waals surface area contributed by atoms with E-state index in [-0.39, 0.29) is 12.0 Å². The normalized spacial score (nSPS) is 11.8. The van der Waals surface area contributed by atoms with E-state index >= 15 is 0 Å². The molecule has 0 heterocycles. The number of aryl methyl sites for hydroxylation is 1. The smallest absolute Gasteiger partial charge is 0.261 e. The molecule has 1 amide bonds. The lowest BCUT2D eigenvalue weighted by Crippen LogP contribution is -2.37. The number of amides is 1. The fourth-order valence-corrected chi connectivity index (χ4v) is 2.64. The molecule has 0 unspecified atom stereocenters. The molecule has 2 aromatic rings. The molecular weight excluding hydrogens is 342 g/mol. The minimum Gasteiger partial charge on any atom is -0.493 e.